The van der Waals surface area contributed by atoms with Gasteiger partial charge in [0.25, 0.3) is 11.6 Å². The first kappa shape index (κ1) is 21.7. The molecule has 2 atom stereocenters. The van der Waals surface area contributed by atoms with Gasteiger partial charge in [-0.3, -0.25) is 19.7 Å². The van der Waals surface area contributed by atoms with E-state index in [1.807, 2.05) is 4.90 Å². The highest BCUT2D eigenvalue weighted by Crippen LogP contribution is 2.34. The number of carboxylic acid groups (broad SMARTS) is 1. The van der Waals surface area contributed by atoms with Gasteiger partial charge in [0.05, 0.1) is 11.3 Å². The number of hydrogen-bond donors (Lipinski definition) is 1. The average Bonchev–Trinajstić information content (AvgIpc) is 2.59. The Morgan fingerprint density at radius 3 is 2.39 bits per heavy atom. The van der Waals surface area contributed by atoms with E-state index in [1.54, 1.807) is 26.0 Å². The van der Waals surface area contributed by atoms with Crippen LogP contribution in [-0.4, -0.2) is 52.5 Å². The third-order valence-corrected chi connectivity index (χ3v) is 5.08. The van der Waals surface area contributed by atoms with Crippen LogP contribution in [0.15, 0.2) is 18.2 Å². The van der Waals surface area contributed by atoms with Crippen molar-refractivity contribution in [3.63, 3.8) is 0 Å². The van der Waals surface area contributed by atoms with Crippen LogP contribution in [-0.2, 0) is 4.79 Å². The molecule has 0 saturated carbocycles. The summed E-state index contributed by atoms with van der Waals surface area (Å²) < 4.78 is 0. The molecule has 1 N–H and O–H groups in total. The second-order valence-electron chi connectivity index (χ2n) is 8.05. The van der Waals surface area contributed by atoms with Crippen LogP contribution >= 0.6 is 0 Å². The van der Waals surface area contributed by atoms with E-state index in [0.717, 1.165) is 19.5 Å². The SMILES string of the molecule is CC1CC(C)CN(c2ccc(C(=O)N(CCC(=O)O)C(C)C)cc2[N+](=O)[O-])C1. The lowest BCUT2D eigenvalue weighted by atomic mass is 9.91. The summed E-state index contributed by atoms with van der Waals surface area (Å²) in [4.78, 5) is 38.4. The van der Waals surface area contributed by atoms with E-state index in [1.165, 1.54) is 11.0 Å². The Balaban J connectivity index is 2.34. The number of amides is 1. The zero-order valence-electron chi connectivity index (χ0n) is 16.9. The number of anilines is 1. The number of rotatable bonds is 7. The van der Waals surface area contributed by atoms with Crippen molar-refractivity contribution in [2.45, 2.75) is 46.6 Å². The zero-order chi connectivity index (χ0) is 21.0. The zero-order valence-corrected chi connectivity index (χ0v) is 16.9. The van der Waals surface area contributed by atoms with E-state index in [0.29, 0.717) is 17.5 Å². The van der Waals surface area contributed by atoms with E-state index < -0.39 is 16.8 Å². The second kappa shape index (κ2) is 9.03. The molecule has 154 valence electrons. The fourth-order valence-corrected chi connectivity index (χ4v) is 3.91. The van der Waals surface area contributed by atoms with Crippen molar-refractivity contribution >= 4 is 23.3 Å². The van der Waals surface area contributed by atoms with Crippen LogP contribution in [0.3, 0.4) is 0 Å². The van der Waals surface area contributed by atoms with Crippen LogP contribution < -0.4 is 4.90 Å². The number of nitro groups is 1. The molecule has 1 saturated heterocycles. The minimum atomic E-state index is -0.992. The molecular weight excluding hydrogens is 362 g/mol. The summed E-state index contributed by atoms with van der Waals surface area (Å²) in [6.07, 6.45) is 0.918. The van der Waals surface area contributed by atoms with Crippen molar-refractivity contribution in [3.8, 4) is 0 Å². The molecule has 1 heterocycles. The van der Waals surface area contributed by atoms with Crippen molar-refractivity contribution < 1.29 is 19.6 Å². The number of aliphatic carboxylic acids is 1. The smallest absolute Gasteiger partial charge is 0.305 e. The first-order valence-electron chi connectivity index (χ1n) is 9.66. The second-order valence-corrected chi connectivity index (χ2v) is 8.05. The van der Waals surface area contributed by atoms with Crippen molar-refractivity contribution in [2.24, 2.45) is 11.8 Å². The van der Waals surface area contributed by atoms with Gasteiger partial charge in [-0.1, -0.05) is 13.8 Å². The Morgan fingerprint density at radius 2 is 1.89 bits per heavy atom. The predicted molar refractivity (Wildman–Crippen MR) is 107 cm³/mol. The summed E-state index contributed by atoms with van der Waals surface area (Å²) in [6, 6.07) is 4.35. The Kier molecular flexibility index (Phi) is 6.99. The molecular formula is C20H29N3O5. The average molecular weight is 391 g/mol. The lowest BCUT2D eigenvalue weighted by molar-refractivity contribution is -0.384. The van der Waals surface area contributed by atoms with Gasteiger partial charge in [0.1, 0.15) is 5.69 Å². The fourth-order valence-electron chi connectivity index (χ4n) is 3.91. The highest BCUT2D eigenvalue weighted by atomic mass is 16.6. The Hall–Kier alpha value is -2.64. The van der Waals surface area contributed by atoms with Crippen LogP contribution in [0.1, 0.15) is 50.9 Å². The van der Waals surface area contributed by atoms with Crippen LogP contribution in [0.2, 0.25) is 0 Å². The molecule has 28 heavy (non-hydrogen) atoms. The predicted octanol–water partition coefficient (Wildman–Crippen LogP) is 3.40. The van der Waals surface area contributed by atoms with Gasteiger partial charge < -0.3 is 14.9 Å². The molecule has 1 aliphatic rings. The molecule has 8 heteroatoms. The lowest BCUT2D eigenvalue weighted by Crippen LogP contribution is -2.39. The fraction of sp³-hybridized carbons (Fsp3) is 0.600. The highest BCUT2D eigenvalue weighted by molar-refractivity contribution is 5.96. The molecule has 0 spiro atoms. The molecule has 2 unspecified atom stereocenters. The molecule has 0 bridgehead atoms. The van der Waals surface area contributed by atoms with E-state index in [9.17, 15) is 19.7 Å². The van der Waals surface area contributed by atoms with Crippen molar-refractivity contribution in [2.75, 3.05) is 24.5 Å². The van der Waals surface area contributed by atoms with Crippen molar-refractivity contribution in [1.82, 2.24) is 4.90 Å². The first-order chi connectivity index (χ1) is 13.1. The van der Waals surface area contributed by atoms with Gasteiger partial charge in [-0.25, -0.2) is 0 Å². The van der Waals surface area contributed by atoms with Crippen molar-refractivity contribution in [3.05, 3.63) is 33.9 Å². The van der Waals surface area contributed by atoms with Gasteiger partial charge in [0.15, 0.2) is 0 Å². The summed E-state index contributed by atoms with van der Waals surface area (Å²) in [5, 5.41) is 20.6. The minimum absolute atomic E-state index is 0.0581. The number of carbonyl (C=O) groups is 2. The third-order valence-electron chi connectivity index (χ3n) is 5.08. The van der Waals surface area contributed by atoms with E-state index in [2.05, 4.69) is 13.8 Å². The van der Waals surface area contributed by atoms with Gasteiger partial charge in [-0.15, -0.1) is 0 Å². The normalized spacial score (nSPS) is 19.5. The van der Waals surface area contributed by atoms with Crippen molar-refractivity contribution in [1.29, 1.82) is 0 Å². The number of hydrogen-bond acceptors (Lipinski definition) is 5. The van der Waals surface area contributed by atoms with Gasteiger partial charge in [-0.2, -0.15) is 0 Å². The number of carbonyl (C=O) groups excluding carboxylic acids is 1. The summed E-state index contributed by atoms with van der Waals surface area (Å²) in [7, 11) is 0. The first-order valence-corrected chi connectivity index (χ1v) is 9.66. The minimum Gasteiger partial charge on any atom is -0.481 e. The lowest BCUT2D eigenvalue weighted by Gasteiger charge is -2.36. The number of nitrogens with zero attached hydrogens (tertiary/aromatic N) is 3. The van der Waals surface area contributed by atoms with Crippen LogP contribution in [0, 0.1) is 22.0 Å². The Labute approximate surface area is 165 Å². The maximum atomic E-state index is 12.9. The molecule has 1 aromatic carbocycles. The Bertz CT molecular complexity index is 739. The summed E-state index contributed by atoms with van der Waals surface area (Å²) in [5.41, 5.74) is 0.642. The van der Waals surface area contributed by atoms with Crippen LogP contribution in [0.4, 0.5) is 11.4 Å². The van der Waals surface area contributed by atoms with E-state index in [4.69, 9.17) is 5.11 Å². The molecule has 2 rings (SSSR count). The molecule has 1 fully saturated rings. The highest BCUT2D eigenvalue weighted by Gasteiger charge is 2.29. The topological polar surface area (TPSA) is 104 Å². The van der Waals surface area contributed by atoms with Gasteiger partial charge in [-0.05, 0) is 44.2 Å². The summed E-state index contributed by atoms with van der Waals surface area (Å²) in [6.45, 7) is 9.40. The monoisotopic (exact) mass is 391 g/mol. The largest absolute Gasteiger partial charge is 0.481 e. The van der Waals surface area contributed by atoms with Gasteiger partial charge in [0, 0.05) is 37.3 Å². The standard InChI is InChI=1S/C20H29N3O5/c1-13(2)22(8-7-19(24)25)20(26)16-5-6-17(18(10-16)23(27)28)21-11-14(3)9-15(4)12-21/h5-6,10,13-15H,7-9,11-12H2,1-4H3,(H,24,25). The van der Waals surface area contributed by atoms with E-state index in [-0.39, 0.29) is 30.3 Å². The molecule has 0 aromatic heterocycles. The molecule has 8 nitrogen and oxygen atoms in total. The third kappa shape index (κ3) is 5.21. The number of nitro benzene ring substituents is 1. The van der Waals surface area contributed by atoms with E-state index >= 15 is 0 Å². The summed E-state index contributed by atoms with van der Waals surface area (Å²) >= 11 is 0. The number of benzene rings is 1. The quantitative estimate of drug-likeness (QED) is 0.564. The number of carboxylic acids is 1. The van der Waals surface area contributed by atoms with Crippen LogP contribution in [0.25, 0.3) is 0 Å². The van der Waals surface area contributed by atoms with Gasteiger partial charge >= 0.3 is 5.97 Å². The molecule has 0 aliphatic carbocycles. The molecule has 0 radical (unpaired) electrons. The number of piperidine rings is 1. The van der Waals surface area contributed by atoms with Crippen LogP contribution in [0.5, 0.6) is 0 Å². The maximum absolute atomic E-state index is 12.9. The molecule has 1 aliphatic heterocycles. The Morgan fingerprint density at radius 1 is 1.29 bits per heavy atom. The molecule has 1 aromatic rings. The van der Waals surface area contributed by atoms with Gasteiger partial charge in [0.2, 0.25) is 0 Å². The summed E-state index contributed by atoms with van der Waals surface area (Å²) in [5.74, 6) is -0.506. The molecule has 1 amide bonds. The maximum Gasteiger partial charge on any atom is 0.305 e.